The fourth-order valence-electron chi connectivity index (χ4n) is 0.0825. The van der Waals surface area contributed by atoms with Crippen molar-refractivity contribution in [2.75, 3.05) is 0 Å². The van der Waals surface area contributed by atoms with E-state index in [1.165, 1.54) is 0 Å². The summed E-state index contributed by atoms with van der Waals surface area (Å²) in [5, 5.41) is -1.50. The van der Waals surface area contributed by atoms with E-state index in [1.54, 1.807) is 0 Å². The topological polar surface area (TPSA) is 0 Å². The van der Waals surface area contributed by atoms with E-state index in [0.717, 1.165) is 0 Å². The second-order valence-corrected chi connectivity index (χ2v) is 2.34. The second kappa shape index (κ2) is 3.49. The number of halogens is 5. The molecule has 0 atom stereocenters. The largest absolute Gasteiger partial charge is 0.223 e. The van der Waals surface area contributed by atoms with Crippen LogP contribution in [0.2, 0.25) is 0 Å². The fourth-order valence-corrected chi connectivity index (χ4v) is 0.495. The van der Waals surface area contributed by atoms with Crippen molar-refractivity contribution in [3.63, 3.8) is 0 Å². The molecule has 0 saturated carbocycles. The van der Waals surface area contributed by atoms with Crippen LogP contribution in [0.4, 0.5) is 8.78 Å². The van der Waals surface area contributed by atoms with Crippen molar-refractivity contribution in [1.29, 1.82) is 0 Å². The van der Waals surface area contributed by atoms with E-state index in [-0.39, 0.29) is 0 Å². The first kappa shape index (κ1) is 8.47. The Morgan fingerprint density at radius 3 is 1.62 bits per heavy atom. The predicted molar refractivity (Wildman–Crippen MR) is 30.6 cm³/mol. The molecule has 0 radical (unpaired) electrons. The predicted octanol–water partition coefficient (Wildman–Crippen LogP) is 3.14. The van der Waals surface area contributed by atoms with Gasteiger partial charge < -0.3 is 0 Å². The first-order valence-corrected chi connectivity index (χ1v) is 2.79. The van der Waals surface area contributed by atoms with Crippen molar-refractivity contribution < 1.29 is 8.78 Å². The smallest absolute Gasteiger partial charge is 0.205 e. The lowest BCUT2D eigenvalue weighted by Gasteiger charge is -1.91. The van der Waals surface area contributed by atoms with Crippen LogP contribution in [0.15, 0.2) is 11.1 Å². The van der Waals surface area contributed by atoms with E-state index in [2.05, 4.69) is 11.6 Å². The highest BCUT2D eigenvalue weighted by molar-refractivity contribution is 6.46. The zero-order valence-corrected chi connectivity index (χ0v) is 5.73. The molecule has 0 aromatic rings. The molecule has 0 saturated heterocycles. The number of hydrogen-bond acceptors (Lipinski definition) is 0. The zero-order valence-electron chi connectivity index (χ0n) is 3.47. The molecule has 0 aliphatic heterocycles. The van der Waals surface area contributed by atoms with Crippen molar-refractivity contribution in [3.8, 4) is 0 Å². The first-order chi connectivity index (χ1) is 3.55. The lowest BCUT2D eigenvalue weighted by Crippen LogP contribution is -1.86. The minimum Gasteiger partial charge on any atom is -0.205 e. The van der Waals surface area contributed by atoms with Crippen LogP contribution in [0.3, 0.4) is 0 Å². The zero-order chi connectivity index (χ0) is 6.73. The van der Waals surface area contributed by atoms with Gasteiger partial charge in [-0.3, -0.25) is 0 Å². The molecule has 5 heteroatoms. The van der Waals surface area contributed by atoms with Crippen molar-refractivity contribution in [1.82, 2.24) is 0 Å². The van der Waals surface area contributed by atoms with Crippen molar-refractivity contribution in [2.24, 2.45) is 0 Å². The van der Waals surface area contributed by atoms with E-state index < -0.39 is 15.9 Å². The Balaban J connectivity index is 4.00. The van der Waals surface area contributed by atoms with Gasteiger partial charge in [-0.1, -0.05) is 23.2 Å². The van der Waals surface area contributed by atoms with Crippen LogP contribution in [-0.2, 0) is 0 Å². The maximum Gasteiger partial charge on any atom is 0.223 e. The highest BCUT2D eigenvalue weighted by atomic mass is 35.5. The summed E-state index contributed by atoms with van der Waals surface area (Å²) in [6, 6.07) is 0. The summed E-state index contributed by atoms with van der Waals surface area (Å²) in [6.07, 6.45) is 0. The molecule has 0 aromatic carbocycles. The first-order valence-electron chi connectivity index (χ1n) is 1.54. The number of alkyl halides is 2. The summed E-state index contributed by atoms with van der Waals surface area (Å²) in [5.41, 5.74) is 0. The van der Waals surface area contributed by atoms with Gasteiger partial charge in [-0.15, -0.1) is 0 Å². The summed E-state index contributed by atoms with van der Waals surface area (Å²) in [4.78, 5) is -1.51. The number of rotatable bonds is 1. The van der Waals surface area contributed by atoms with E-state index in [4.69, 9.17) is 23.2 Å². The second-order valence-electron chi connectivity index (χ2n) is 0.909. The third kappa shape index (κ3) is 2.70. The molecule has 0 aliphatic rings. The maximum atomic E-state index is 11.8. The van der Waals surface area contributed by atoms with Gasteiger partial charge in [0.2, 0.25) is 5.29 Å². The molecule has 0 bridgehead atoms. The van der Waals surface area contributed by atoms with Crippen LogP contribution in [0.25, 0.3) is 0 Å². The molecule has 0 unspecified atom stereocenters. The number of allylic oxidation sites excluding steroid dienone is 1. The molecule has 0 aliphatic carbocycles. The lowest BCUT2D eigenvalue weighted by atomic mass is 10.7. The molecule has 0 nitrogen and oxygen atoms in total. The maximum absolute atomic E-state index is 11.8. The van der Waals surface area contributed by atoms with Crippen LogP contribution < -0.4 is 0 Å². The van der Waals surface area contributed by atoms with Gasteiger partial charge in [0.15, 0.2) is 10.7 Å². The molecule has 0 heterocycles. The minimum atomic E-state index is -1.51. The molecule has 48 valence electrons. The van der Waals surface area contributed by atoms with Gasteiger partial charge in [-0.25, -0.2) is 4.39 Å². The van der Waals surface area contributed by atoms with E-state index >= 15 is 0 Å². The summed E-state index contributed by atoms with van der Waals surface area (Å²) < 4.78 is 23.2. The summed E-state index contributed by atoms with van der Waals surface area (Å²) in [5.74, 6) is -1.35. The van der Waals surface area contributed by atoms with Crippen molar-refractivity contribution in [3.05, 3.63) is 11.1 Å². The van der Waals surface area contributed by atoms with Gasteiger partial charge in [0.1, 0.15) is 0 Å². The highest BCUT2D eigenvalue weighted by Gasteiger charge is 2.10. The normalized spacial score (nSPS) is 14.2. The summed E-state index contributed by atoms with van der Waals surface area (Å²) in [7, 11) is 0. The number of hydrogen-bond donors (Lipinski definition) is 0. The van der Waals surface area contributed by atoms with E-state index in [9.17, 15) is 8.78 Å². The van der Waals surface area contributed by atoms with Crippen LogP contribution in [0, 0.1) is 0 Å². The molecule has 0 fully saturated rings. The van der Waals surface area contributed by atoms with Gasteiger partial charge in [-0.2, -0.15) is 4.39 Å². The van der Waals surface area contributed by atoms with Crippen LogP contribution >= 0.6 is 34.8 Å². The molecular formula is C3HCl3F2. The van der Waals surface area contributed by atoms with E-state index in [0.29, 0.717) is 0 Å². The third-order valence-corrected chi connectivity index (χ3v) is 0.936. The molecule has 8 heavy (non-hydrogen) atoms. The van der Waals surface area contributed by atoms with Crippen molar-refractivity contribution >= 4 is 34.8 Å². The molecule has 0 amide bonds. The Morgan fingerprint density at radius 1 is 1.25 bits per heavy atom. The SMILES string of the molecule is F/C(Cl)=C(\F)C(Cl)Cl. The molecule has 0 rings (SSSR count). The summed E-state index contributed by atoms with van der Waals surface area (Å²) in [6.45, 7) is 0. The minimum absolute atomic E-state index is 1.35. The Labute approximate surface area is 60.0 Å². The fraction of sp³-hybridized carbons (Fsp3) is 0.333. The average molecular weight is 181 g/mol. The third-order valence-electron chi connectivity index (χ3n) is 0.372. The van der Waals surface area contributed by atoms with Crippen molar-refractivity contribution in [2.45, 2.75) is 4.84 Å². The van der Waals surface area contributed by atoms with Gasteiger partial charge in [-0.05, 0) is 11.6 Å². The Morgan fingerprint density at radius 2 is 1.62 bits per heavy atom. The van der Waals surface area contributed by atoms with Crippen LogP contribution in [0.1, 0.15) is 0 Å². The highest BCUT2D eigenvalue weighted by Crippen LogP contribution is 2.22. The van der Waals surface area contributed by atoms with Gasteiger partial charge in [0.05, 0.1) is 0 Å². The molecule has 0 N–H and O–H groups in total. The van der Waals surface area contributed by atoms with Crippen LogP contribution in [0.5, 0.6) is 0 Å². The average Bonchev–Trinajstić information content (AvgIpc) is 1.64. The Hall–Kier alpha value is 0.470. The monoisotopic (exact) mass is 180 g/mol. The molecular weight excluding hydrogens is 180 g/mol. The van der Waals surface area contributed by atoms with Gasteiger partial charge in [0, 0.05) is 0 Å². The van der Waals surface area contributed by atoms with Crippen LogP contribution in [-0.4, -0.2) is 4.84 Å². The van der Waals surface area contributed by atoms with E-state index in [1.807, 2.05) is 0 Å². The standard InChI is InChI=1S/C3HCl3F2/c4-2(5)1(7)3(6)8/h2H/b3-1-. The Bertz CT molecular complexity index is 105. The van der Waals surface area contributed by atoms with Gasteiger partial charge >= 0.3 is 0 Å². The van der Waals surface area contributed by atoms with Gasteiger partial charge in [0.25, 0.3) is 0 Å². The summed E-state index contributed by atoms with van der Waals surface area (Å²) >= 11 is 14.2. The quantitative estimate of drug-likeness (QED) is 0.545. The Kier molecular flexibility index (Phi) is 3.69. The molecule has 0 spiro atoms. The lowest BCUT2D eigenvalue weighted by molar-refractivity contribution is 0.566. The molecule has 0 aromatic heterocycles.